The molecule has 0 atom stereocenters. The number of anilines is 2. The molecule has 0 aromatic carbocycles. The Hall–Kier alpha value is -1.30. The van der Waals surface area contributed by atoms with E-state index in [2.05, 4.69) is 10.3 Å². The molecular weight excluding hydrogens is 272 g/mol. The molecule has 0 saturated heterocycles. The van der Waals surface area contributed by atoms with Crippen LogP contribution in [0.3, 0.4) is 0 Å². The van der Waals surface area contributed by atoms with Gasteiger partial charge in [-0.3, -0.25) is 4.79 Å². The number of nitrogens with two attached hydrogens (primary N) is 1. The van der Waals surface area contributed by atoms with Crippen molar-refractivity contribution in [2.24, 2.45) is 11.3 Å². The van der Waals surface area contributed by atoms with Crippen LogP contribution in [0.2, 0.25) is 0 Å². The fourth-order valence-corrected chi connectivity index (χ4v) is 3.63. The number of amides is 1. The first-order valence-corrected chi connectivity index (χ1v) is 8.13. The van der Waals surface area contributed by atoms with Crippen molar-refractivity contribution >= 4 is 28.2 Å². The monoisotopic (exact) mass is 294 g/mol. The molecule has 0 spiro atoms. The lowest BCUT2D eigenvalue weighted by Gasteiger charge is -2.14. The maximum atomic E-state index is 12.3. The average Bonchev–Trinajstić information content (AvgIpc) is 3.33. The Morgan fingerprint density at radius 2 is 2.25 bits per heavy atom. The average molecular weight is 294 g/mol. The molecule has 3 rings (SSSR count). The maximum Gasteiger partial charge on any atom is 0.265 e. The van der Waals surface area contributed by atoms with Crippen molar-refractivity contribution in [3.8, 4) is 0 Å². The molecule has 6 heteroatoms. The van der Waals surface area contributed by atoms with Crippen LogP contribution < -0.4 is 16.0 Å². The minimum atomic E-state index is -0.0670. The number of nitrogens with one attached hydrogen (secondary N) is 1. The summed E-state index contributed by atoms with van der Waals surface area (Å²) >= 11 is 1.37. The fourth-order valence-electron chi connectivity index (χ4n) is 2.70. The van der Waals surface area contributed by atoms with Gasteiger partial charge in [0.05, 0.1) is 0 Å². The number of nitrogen functional groups attached to an aromatic ring is 1. The lowest BCUT2D eigenvalue weighted by Crippen LogP contribution is -2.31. The maximum absolute atomic E-state index is 12.3. The summed E-state index contributed by atoms with van der Waals surface area (Å²) in [4.78, 5) is 19.1. The number of rotatable bonds is 6. The van der Waals surface area contributed by atoms with E-state index in [-0.39, 0.29) is 5.91 Å². The molecule has 110 valence electrons. The smallest absolute Gasteiger partial charge is 0.265 e. The molecule has 1 aromatic heterocycles. The van der Waals surface area contributed by atoms with Gasteiger partial charge in [-0.1, -0.05) is 11.3 Å². The second-order valence-electron chi connectivity index (χ2n) is 6.04. The first kappa shape index (κ1) is 13.7. The number of nitrogens with zero attached hydrogens (tertiary/aromatic N) is 2. The fraction of sp³-hybridized carbons (Fsp3) is 0.714. The van der Waals surface area contributed by atoms with E-state index in [1.165, 1.54) is 37.0 Å². The highest BCUT2D eigenvalue weighted by Crippen LogP contribution is 2.60. The highest BCUT2D eigenvalue weighted by Gasteiger charge is 2.53. The molecule has 2 aliphatic carbocycles. The predicted octanol–water partition coefficient (Wildman–Crippen LogP) is 2.10. The van der Waals surface area contributed by atoms with Gasteiger partial charge in [0, 0.05) is 20.1 Å². The molecule has 0 aliphatic heterocycles. The molecule has 1 heterocycles. The molecule has 20 heavy (non-hydrogen) atoms. The Morgan fingerprint density at radius 3 is 2.80 bits per heavy atom. The highest BCUT2D eigenvalue weighted by atomic mass is 32.1. The summed E-state index contributed by atoms with van der Waals surface area (Å²) in [6.45, 7) is 3.69. The van der Waals surface area contributed by atoms with E-state index in [0.717, 1.165) is 24.1 Å². The number of hydrogen-bond acceptors (Lipinski definition) is 5. The summed E-state index contributed by atoms with van der Waals surface area (Å²) in [5.41, 5.74) is 6.29. The third-order valence-corrected chi connectivity index (χ3v) is 5.77. The lowest BCUT2D eigenvalue weighted by molar-refractivity contribution is 0.0947. The Labute approximate surface area is 123 Å². The van der Waals surface area contributed by atoms with Crippen molar-refractivity contribution < 1.29 is 4.79 Å². The van der Waals surface area contributed by atoms with Crippen molar-refractivity contribution in [1.82, 2.24) is 10.3 Å². The summed E-state index contributed by atoms with van der Waals surface area (Å²) in [6.07, 6.45) is 5.20. The first-order valence-electron chi connectivity index (χ1n) is 7.31. The highest BCUT2D eigenvalue weighted by molar-refractivity contribution is 7.18. The largest absolute Gasteiger partial charge is 0.382 e. The topological polar surface area (TPSA) is 71.2 Å². The van der Waals surface area contributed by atoms with E-state index in [1.54, 1.807) is 0 Å². The van der Waals surface area contributed by atoms with Crippen molar-refractivity contribution in [3.63, 3.8) is 0 Å². The summed E-state index contributed by atoms with van der Waals surface area (Å²) in [6, 6.07) is 0. The van der Waals surface area contributed by atoms with E-state index in [9.17, 15) is 4.79 Å². The second kappa shape index (κ2) is 4.91. The molecule has 0 unspecified atom stereocenters. The third kappa shape index (κ3) is 2.49. The zero-order valence-electron chi connectivity index (χ0n) is 12.1. The van der Waals surface area contributed by atoms with Gasteiger partial charge in [-0.05, 0) is 43.9 Å². The molecule has 2 aliphatic rings. The van der Waals surface area contributed by atoms with Crippen LogP contribution in [0.5, 0.6) is 0 Å². The quantitative estimate of drug-likeness (QED) is 0.843. The molecule has 2 fully saturated rings. The standard InChI is InChI=1S/C14H22N4OS/c1-3-18(2)13-17-11(15)10(20-13)12(19)16-8-14(6-7-14)9-4-5-9/h9H,3-8,15H2,1-2H3,(H,16,19). The summed E-state index contributed by atoms with van der Waals surface area (Å²) in [5, 5.41) is 3.87. The van der Waals surface area contributed by atoms with Gasteiger partial charge in [0.15, 0.2) is 5.13 Å². The summed E-state index contributed by atoms with van der Waals surface area (Å²) in [5.74, 6) is 1.13. The Morgan fingerprint density at radius 1 is 1.55 bits per heavy atom. The number of thiazole rings is 1. The Balaban J connectivity index is 1.63. The van der Waals surface area contributed by atoms with Crippen molar-refractivity contribution in [3.05, 3.63) is 4.88 Å². The molecular formula is C14H22N4OS. The van der Waals surface area contributed by atoms with Crippen LogP contribution in [0.1, 0.15) is 42.3 Å². The minimum absolute atomic E-state index is 0.0670. The number of carbonyl (C=O) groups is 1. The molecule has 1 amide bonds. The number of carbonyl (C=O) groups excluding carboxylic acids is 1. The molecule has 3 N–H and O–H groups in total. The predicted molar refractivity (Wildman–Crippen MR) is 82.2 cm³/mol. The van der Waals surface area contributed by atoms with Crippen LogP contribution in [0.25, 0.3) is 0 Å². The second-order valence-corrected chi connectivity index (χ2v) is 7.02. The van der Waals surface area contributed by atoms with Crippen LogP contribution in [0.4, 0.5) is 10.9 Å². The van der Waals surface area contributed by atoms with Gasteiger partial charge in [0.25, 0.3) is 5.91 Å². The zero-order chi connectivity index (χ0) is 14.3. The van der Waals surface area contributed by atoms with Gasteiger partial charge in [-0.2, -0.15) is 0 Å². The summed E-state index contributed by atoms with van der Waals surface area (Å²) in [7, 11) is 1.95. The SMILES string of the molecule is CCN(C)c1nc(N)c(C(=O)NCC2(C3CC3)CC2)s1. The number of aromatic nitrogens is 1. The molecule has 0 bridgehead atoms. The molecule has 0 radical (unpaired) electrons. The lowest BCUT2D eigenvalue weighted by atomic mass is 10.0. The van der Waals surface area contributed by atoms with Crippen molar-refractivity contribution in [2.45, 2.75) is 32.6 Å². The Bertz CT molecular complexity index is 519. The van der Waals surface area contributed by atoms with Crippen LogP contribution in [-0.4, -0.2) is 31.0 Å². The van der Waals surface area contributed by atoms with E-state index < -0.39 is 0 Å². The zero-order valence-corrected chi connectivity index (χ0v) is 12.9. The van der Waals surface area contributed by atoms with Crippen LogP contribution in [-0.2, 0) is 0 Å². The van der Waals surface area contributed by atoms with Crippen molar-refractivity contribution in [1.29, 1.82) is 0 Å². The minimum Gasteiger partial charge on any atom is -0.382 e. The first-order chi connectivity index (χ1) is 9.55. The van der Waals surface area contributed by atoms with E-state index in [0.29, 0.717) is 16.1 Å². The van der Waals surface area contributed by atoms with Gasteiger partial charge in [-0.25, -0.2) is 4.98 Å². The summed E-state index contributed by atoms with van der Waals surface area (Å²) < 4.78 is 0. The van der Waals surface area contributed by atoms with E-state index >= 15 is 0 Å². The molecule has 5 nitrogen and oxygen atoms in total. The third-order valence-electron chi connectivity index (χ3n) is 4.59. The normalized spacial score (nSPS) is 19.7. The number of hydrogen-bond donors (Lipinski definition) is 2. The molecule has 1 aromatic rings. The van der Waals surface area contributed by atoms with Crippen molar-refractivity contribution in [2.75, 3.05) is 30.8 Å². The Kier molecular flexibility index (Phi) is 3.36. The van der Waals surface area contributed by atoms with Crippen LogP contribution >= 0.6 is 11.3 Å². The van der Waals surface area contributed by atoms with Gasteiger partial charge in [0.2, 0.25) is 0 Å². The van der Waals surface area contributed by atoms with E-state index in [1.807, 2.05) is 18.9 Å². The van der Waals surface area contributed by atoms with Gasteiger partial charge < -0.3 is 16.0 Å². The van der Waals surface area contributed by atoms with Gasteiger partial charge in [-0.15, -0.1) is 0 Å². The van der Waals surface area contributed by atoms with Crippen LogP contribution in [0.15, 0.2) is 0 Å². The van der Waals surface area contributed by atoms with Gasteiger partial charge >= 0.3 is 0 Å². The molecule has 2 saturated carbocycles. The van der Waals surface area contributed by atoms with Crippen LogP contribution in [0, 0.1) is 11.3 Å². The van der Waals surface area contributed by atoms with Gasteiger partial charge in [0.1, 0.15) is 10.7 Å². The van der Waals surface area contributed by atoms with E-state index in [4.69, 9.17) is 5.73 Å².